The topological polar surface area (TPSA) is 38.7 Å². The zero-order valence-corrected chi connectivity index (χ0v) is 13.1. The van der Waals surface area contributed by atoms with Crippen molar-refractivity contribution < 1.29 is 14.6 Å². The molecule has 2 rings (SSSR count). The number of methoxy groups -OCH3 is 2. The predicted octanol–water partition coefficient (Wildman–Crippen LogP) is 3.74. The summed E-state index contributed by atoms with van der Waals surface area (Å²) in [5.41, 5.74) is 1.88. The summed E-state index contributed by atoms with van der Waals surface area (Å²) in [6.07, 6.45) is -0.0290. The standard InChI is InChI=1S/C16H17BrO3/c1-19-15-7-6-12(10-16(15)20-2)14(18)9-11-4-3-5-13(17)8-11/h3-8,10,14,18H,9H2,1-2H3. The first-order chi connectivity index (χ1) is 9.63. The van der Waals surface area contributed by atoms with E-state index in [1.165, 1.54) is 0 Å². The van der Waals surface area contributed by atoms with Crippen LogP contribution in [0, 0.1) is 0 Å². The highest BCUT2D eigenvalue weighted by Crippen LogP contribution is 2.31. The summed E-state index contributed by atoms with van der Waals surface area (Å²) in [4.78, 5) is 0. The van der Waals surface area contributed by atoms with Gasteiger partial charge in [-0.1, -0.05) is 34.1 Å². The molecule has 0 amide bonds. The molecular weight excluding hydrogens is 320 g/mol. The van der Waals surface area contributed by atoms with Crippen LogP contribution in [-0.2, 0) is 6.42 Å². The molecule has 0 aliphatic heterocycles. The van der Waals surface area contributed by atoms with Gasteiger partial charge in [0.1, 0.15) is 0 Å². The van der Waals surface area contributed by atoms with E-state index in [0.29, 0.717) is 17.9 Å². The Balaban J connectivity index is 2.18. The second-order valence-corrected chi connectivity index (χ2v) is 5.38. The third-order valence-corrected chi connectivity index (χ3v) is 3.60. The minimum Gasteiger partial charge on any atom is -0.493 e. The predicted molar refractivity (Wildman–Crippen MR) is 82.4 cm³/mol. The number of aliphatic hydroxyl groups is 1. The number of rotatable bonds is 5. The lowest BCUT2D eigenvalue weighted by Crippen LogP contribution is -2.03. The van der Waals surface area contributed by atoms with Crippen molar-refractivity contribution in [1.82, 2.24) is 0 Å². The first kappa shape index (κ1) is 14.9. The zero-order chi connectivity index (χ0) is 14.5. The molecule has 106 valence electrons. The van der Waals surface area contributed by atoms with Crippen LogP contribution in [0.25, 0.3) is 0 Å². The van der Waals surface area contributed by atoms with Gasteiger partial charge in [-0.2, -0.15) is 0 Å². The van der Waals surface area contributed by atoms with Crippen LogP contribution in [0.3, 0.4) is 0 Å². The number of aliphatic hydroxyl groups excluding tert-OH is 1. The summed E-state index contributed by atoms with van der Waals surface area (Å²) in [5.74, 6) is 1.28. The quantitative estimate of drug-likeness (QED) is 0.903. The van der Waals surface area contributed by atoms with E-state index in [0.717, 1.165) is 15.6 Å². The van der Waals surface area contributed by atoms with Gasteiger partial charge < -0.3 is 14.6 Å². The summed E-state index contributed by atoms with van der Waals surface area (Å²) in [7, 11) is 3.18. The molecule has 3 nitrogen and oxygen atoms in total. The molecule has 0 radical (unpaired) electrons. The molecule has 0 saturated carbocycles. The molecule has 4 heteroatoms. The Morgan fingerprint density at radius 3 is 2.45 bits per heavy atom. The molecule has 0 fully saturated rings. The molecule has 0 saturated heterocycles. The third kappa shape index (κ3) is 3.52. The second-order valence-electron chi connectivity index (χ2n) is 4.46. The fraction of sp³-hybridized carbons (Fsp3) is 0.250. The van der Waals surface area contributed by atoms with Gasteiger partial charge in [-0.05, 0) is 35.4 Å². The number of hydrogen-bond donors (Lipinski definition) is 1. The summed E-state index contributed by atoms with van der Waals surface area (Å²) >= 11 is 3.43. The first-order valence-corrected chi connectivity index (χ1v) is 7.07. The van der Waals surface area contributed by atoms with Gasteiger partial charge in [0.25, 0.3) is 0 Å². The average molecular weight is 337 g/mol. The zero-order valence-electron chi connectivity index (χ0n) is 11.5. The highest BCUT2D eigenvalue weighted by atomic mass is 79.9. The van der Waals surface area contributed by atoms with Crippen molar-refractivity contribution in [3.63, 3.8) is 0 Å². The Morgan fingerprint density at radius 2 is 1.80 bits per heavy atom. The van der Waals surface area contributed by atoms with E-state index in [1.807, 2.05) is 36.4 Å². The SMILES string of the molecule is COc1ccc(C(O)Cc2cccc(Br)c2)cc1OC. The van der Waals surface area contributed by atoms with Crippen LogP contribution in [0.1, 0.15) is 17.2 Å². The maximum Gasteiger partial charge on any atom is 0.161 e. The second kappa shape index (κ2) is 6.77. The Kier molecular flexibility index (Phi) is 5.04. The largest absolute Gasteiger partial charge is 0.493 e. The van der Waals surface area contributed by atoms with Gasteiger partial charge in [0, 0.05) is 10.9 Å². The van der Waals surface area contributed by atoms with Crippen molar-refractivity contribution in [3.05, 3.63) is 58.1 Å². The van der Waals surface area contributed by atoms with Crippen LogP contribution >= 0.6 is 15.9 Å². The lowest BCUT2D eigenvalue weighted by Gasteiger charge is -2.14. The summed E-state index contributed by atoms with van der Waals surface area (Å²) in [5, 5.41) is 10.3. The molecule has 0 bridgehead atoms. The molecule has 0 spiro atoms. The fourth-order valence-electron chi connectivity index (χ4n) is 2.07. The van der Waals surface area contributed by atoms with Gasteiger partial charge >= 0.3 is 0 Å². The average Bonchev–Trinajstić information content (AvgIpc) is 2.46. The van der Waals surface area contributed by atoms with Gasteiger partial charge in [0.05, 0.1) is 20.3 Å². The number of benzene rings is 2. The number of halogens is 1. The molecule has 0 aliphatic carbocycles. The van der Waals surface area contributed by atoms with E-state index in [4.69, 9.17) is 9.47 Å². The Morgan fingerprint density at radius 1 is 1.05 bits per heavy atom. The molecule has 20 heavy (non-hydrogen) atoms. The highest BCUT2D eigenvalue weighted by Gasteiger charge is 2.12. The van der Waals surface area contributed by atoms with Crippen LogP contribution in [0.2, 0.25) is 0 Å². The number of ether oxygens (including phenoxy) is 2. The van der Waals surface area contributed by atoms with Gasteiger partial charge in [-0.25, -0.2) is 0 Å². The van der Waals surface area contributed by atoms with Crippen molar-refractivity contribution in [2.45, 2.75) is 12.5 Å². The highest BCUT2D eigenvalue weighted by molar-refractivity contribution is 9.10. The molecule has 2 aromatic rings. The van der Waals surface area contributed by atoms with E-state index in [-0.39, 0.29) is 0 Å². The number of hydrogen-bond acceptors (Lipinski definition) is 3. The Hall–Kier alpha value is -1.52. The van der Waals surface area contributed by atoms with E-state index in [9.17, 15) is 5.11 Å². The van der Waals surface area contributed by atoms with Gasteiger partial charge in [-0.3, -0.25) is 0 Å². The molecule has 0 heterocycles. The van der Waals surface area contributed by atoms with E-state index in [2.05, 4.69) is 15.9 Å². The van der Waals surface area contributed by atoms with E-state index >= 15 is 0 Å². The van der Waals surface area contributed by atoms with Crippen molar-refractivity contribution in [2.75, 3.05) is 14.2 Å². The summed E-state index contributed by atoms with van der Waals surface area (Å²) < 4.78 is 11.5. The monoisotopic (exact) mass is 336 g/mol. The van der Waals surface area contributed by atoms with Gasteiger partial charge in [-0.15, -0.1) is 0 Å². The van der Waals surface area contributed by atoms with Crippen LogP contribution in [0.15, 0.2) is 46.9 Å². The molecule has 0 aliphatic rings. The molecule has 1 atom stereocenters. The molecular formula is C16H17BrO3. The smallest absolute Gasteiger partial charge is 0.161 e. The molecule has 1 unspecified atom stereocenters. The van der Waals surface area contributed by atoms with Crippen LogP contribution in [-0.4, -0.2) is 19.3 Å². The molecule has 1 N–H and O–H groups in total. The van der Waals surface area contributed by atoms with Crippen molar-refractivity contribution in [1.29, 1.82) is 0 Å². The van der Waals surface area contributed by atoms with Crippen LogP contribution in [0.5, 0.6) is 11.5 Å². The lowest BCUT2D eigenvalue weighted by molar-refractivity contribution is 0.178. The normalized spacial score (nSPS) is 12.0. The van der Waals surface area contributed by atoms with Gasteiger partial charge in [0.2, 0.25) is 0 Å². The van der Waals surface area contributed by atoms with Gasteiger partial charge in [0.15, 0.2) is 11.5 Å². The maximum absolute atomic E-state index is 10.3. The third-order valence-electron chi connectivity index (χ3n) is 3.11. The van der Waals surface area contributed by atoms with Crippen LogP contribution < -0.4 is 9.47 Å². The fourth-order valence-corrected chi connectivity index (χ4v) is 2.51. The van der Waals surface area contributed by atoms with Crippen LogP contribution in [0.4, 0.5) is 0 Å². The molecule has 2 aromatic carbocycles. The first-order valence-electron chi connectivity index (χ1n) is 6.28. The summed E-state index contributed by atoms with van der Waals surface area (Å²) in [6, 6.07) is 13.4. The minimum atomic E-state index is -0.580. The Labute approximate surface area is 127 Å². The minimum absolute atomic E-state index is 0.551. The van der Waals surface area contributed by atoms with Crippen molar-refractivity contribution >= 4 is 15.9 Å². The lowest BCUT2D eigenvalue weighted by atomic mass is 10.0. The molecule has 0 aromatic heterocycles. The van der Waals surface area contributed by atoms with E-state index in [1.54, 1.807) is 20.3 Å². The van der Waals surface area contributed by atoms with Crippen molar-refractivity contribution in [3.8, 4) is 11.5 Å². The summed E-state index contributed by atoms with van der Waals surface area (Å²) in [6.45, 7) is 0. The van der Waals surface area contributed by atoms with E-state index < -0.39 is 6.10 Å². The Bertz CT molecular complexity index is 584. The van der Waals surface area contributed by atoms with Crippen molar-refractivity contribution in [2.24, 2.45) is 0 Å². The maximum atomic E-state index is 10.3.